The van der Waals surface area contributed by atoms with E-state index in [1.165, 1.54) is 17.0 Å². The molecule has 1 aliphatic heterocycles. The third-order valence-corrected chi connectivity index (χ3v) is 4.21. The van der Waals surface area contributed by atoms with E-state index in [9.17, 15) is 14.9 Å². The monoisotopic (exact) mass is 324 g/mol. The van der Waals surface area contributed by atoms with Crippen molar-refractivity contribution >= 4 is 46.0 Å². The van der Waals surface area contributed by atoms with E-state index in [4.69, 9.17) is 17.3 Å². The molecule has 0 spiro atoms. The first-order valence-electron chi connectivity index (χ1n) is 6.14. The Labute approximate surface area is 130 Å². The predicted octanol–water partition coefficient (Wildman–Crippen LogP) is 2.18. The fourth-order valence-corrected chi connectivity index (χ4v) is 3.14. The van der Waals surface area contributed by atoms with Crippen LogP contribution < -0.4 is 0 Å². The molecule has 0 aliphatic carbocycles. The van der Waals surface area contributed by atoms with Gasteiger partial charge in [-0.05, 0) is 18.6 Å². The van der Waals surface area contributed by atoms with Gasteiger partial charge in [-0.3, -0.25) is 19.8 Å². The maximum absolute atomic E-state index is 12.2. The van der Waals surface area contributed by atoms with Crippen molar-refractivity contribution in [3.63, 3.8) is 0 Å². The third kappa shape index (κ3) is 3.46. The summed E-state index contributed by atoms with van der Waals surface area (Å²) in [6.07, 6.45) is 1.92. The van der Waals surface area contributed by atoms with Gasteiger partial charge in [-0.2, -0.15) is 0 Å². The quantitative estimate of drug-likeness (QED) is 0.387. The number of carbonyl (C=O) groups excluding carboxylic acids is 1. The van der Waals surface area contributed by atoms with Gasteiger partial charge < -0.3 is 5.11 Å². The van der Waals surface area contributed by atoms with Crippen LogP contribution in [0.5, 0.6) is 0 Å². The van der Waals surface area contributed by atoms with Crippen LogP contribution in [0.3, 0.4) is 0 Å². The number of rotatable bonds is 5. The number of amides is 1. The molecule has 1 saturated heterocycles. The summed E-state index contributed by atoms with van der Waals surface area (Å²) in [6, 6.07) is 6.21. The van der Waals surface area contributed by atoms with E-state index in [0.717, 1.165) is 11.8 Å². The number of hydrogen-bond acceptors (Lipinski definition) is 6. The lowest BCUT2D eigenvalue weighted by Gasteiger charge is -2.12. The summed E-state index contributed by atoms with van der Waals surface area (Å²) < 4.78 is 0.401. The van der Waals surface area contributed by atoms with Gasteiger partial charge in [0.05, 0.1) is 15.4 Å². The summed E-state index contributed by atoms with van der Waals surface area (Å²) in [6.45, 7) is 0.315. The average Bonchev–Trinajstić information content (AvgIpc) is 2.72. The number of para-hydroxylation sites is 1. The summed E-state index contributed by atoms with van der Waals surface area (Å²) in [4.78, 5) is 24.4. The lowest BCUT2D eigenvalue weighted by Crippen LogP contribution is -2.29. The van der Waals surface area contributed by atoms with Crippen LogP contribution in [-0.2, 0) is 4.79 Å². The molecule has 6 nitrogen and oxygen atoms in total. The molecular formula is C13H12N2O4S2. The zero-order chi connectivity index (χ0) is 15.4. The fraction of sp³-hybridized carbons (Fsp3) is 0.231. The Morgan fingerprint density at radius 2 is 2.14 bits per heavy atom. The molecule has 0 unspecified atom stereocenters. The number of thioether (sulfide) groups is 1. The van der Waals surface area contributed by atoms with Crippen LogP contribution in [0.4, 0.5) is 5.69 Å². The number of nitro benzene ring substituents is 1. The predicted molar refractivity (Wildman–Crippen MR) is 84.7 cm³/mol. The molecule has 0 aromatic heterocycles. The highest BCUT2D eigenvalue weighted by molar-refractivity contribution is 8.26. The standard InChI is InChI=1S/C13H12N2O4S2/c16-7-3-6-14-12(17)11(21-13(14)20)8-9-4-1-2-5-10(9)15(18)19/h1-2,4-5,8,16H,3,6-7H2/b11-8-. The van der Waals surface area contributed by atoms with Crippen LogP contribution in [0, 0.1) is 10.1 Å². The van der Waals surface area contributed by atoms with Gasteiger partial charge in [-0.15, -0.1) is 0 Å². The molecule has 110 valence electrons. The average molecular weight is 324 g/mol. The molecule has 1 aliphatic rings. The lowest BCUT2D eigenvalue weighted by molar-refractivity contribution is -0.385. The molecule has 1 aromatic carbocycles. The molecule has 2 rings (SSSR count). The van der Waals surface area contributed by atoms with Crippen LogP contribution >= 0.6 is 24.0 Å². The molecule has 1 N–H and O–H groups in total. The number of nitrogens with zero attached hydrogens (tertiary/aromatic N) is 2. The SMILES string of the molecule is O=C1/C(=C/c2ccccc2[N+](=O)[O-])SC(=S)N1CCCO. The van der Waals surface area contributed by atoms with Gasteiger partial charge in [0.15, 0.2) is 0 Å². The van der Waals surface area contributed by atoms with Crippen LogP contribution in [0.2, 0.25) is 0 Å². The fourth-order valence-electron chi connectivity index (χ4n) is 1.84. The summed E-state index contributed by atoms with van der Waals surface area (Å²) in [5, 5.41) is 19.8. The number of hydrogen-bond donors (Lipinski definition) is 1. The molecular weight excluding hydrogens is 312 g/mol. The summed E-state index contributed by atoms with van der Waals surface area (Å²) in [7, 11) is 0. The molecule has 1 fully saturated rings. The van der Waals surface area contributed by atoms with Gasteiger partial charge in [0, 0.05) is 19.2 Å². The van der Waals surface area contributed by atoms with Gasteiger partial charge in [0.25, 0.3) is 11.6 Å². The number of nitro groups is 1. The van der Waals surface area contributed by atoms with Crippen molar-refractivity contribution in [3.05, 3.63) is 44.8 Å². The van der Waals surface area contributed by atoms with Crippen molar-refractivity contribution in [2.24, 2.45) is 0 Å². The Kier molecular flexibility index (Phi) is 5.05. The van der Waals surface area contributed by atoms with E-state index in [1.807, 2.05) is 0 Å². The Hall–Kier alpha value is -1.77. The van der Waals surface area contributed by atoms with Crippen LogP contribution in [-0.4, -0.2) is 38.3 Å². The highest BCUT2D eigenvalue weighted by Crippen LogP contribution is 2.34. The van der Waals surface area contributed by atoms with Crippen LogP contribution in [0.1, 0.15) is 12.0 Å². The van der Waals surface area contributed by atoms with Crippen LogP contribution in [0.15, 0.2) is 29.2 Å². The summed E-state index contributed by atoms with van der Waals surface area (Å²) in [5.74, 6) is -0.281. The van der Waals surface area contributed by atoms with E-state index in [0.29, 0.717) is 27.8 Å². The normalized spacial score (nSPS) is 16.8. The van der Waals surface area contributed by atoms with Crippen LogP contribution in [0.25, 0.3) is 6.08 Å². The highest BCUT2D eigenvalue weighted by Gasteiger charge is 2.31. The number of thiocarbonyl (C=S) groups is 1. The van der Waals surface area contributed by atoms with Gasteiger partial charge in [-0.25, -0.2) is 0 Å². The van der Waals surface area contributed by atoms with Gasteiger partial charge >= 0.3 is 0 Å². The minimum absolute atomic E-state index is 0.0275. The lowest BCUT2D eigenvalue weighted by atomic mass is 10.1. The molecule has 1 aromatic rings. The Balaban J connectivity index is 2.29. The second-order valence-electron chi connectivity index (χ2n) is 4.23. The highest BCUT2D eigenvalue weighted by atomic mass is 32.2. The zero-order valence-corrected chi connectivity index (χ0v) is 12.5. The molecule has 8 heteroatoms. The first-order chi connectivity index (χ1) is 10.0. The largest absolute Gasteiger partial charge is 0.396 e. The molecule has 1 amide bonds. The van der Waals surface area contributed by atoms with Crippen molar-refractivity contribution in [1.82, 2.24) is 4.90 Å². The summed E-state index contributed by atoms with van der Waals surface area (Å²) in [5.41, 5.74) is 0.309. The second kappa shape index (κ2) is 6.79. The van der Waals surface area contributed by atoms with E-state index in [2.05, 4.69) is 0 Å². The Bertz CT molecular complexity index is 630. The van der Waals surface area contributed by atoms with E-state index in [-0.39, 0.29) is 18.2 Å². The summed E-state index contributed by atoms with van der Waals surface area (Å²) >= 11 is 6.23. The Morgan fingerprint density at radius 3 is 2.81 bits per heavy atom. The minimum Gasteiger partial charge on any atom is -0.396 e. The number of benzene rings is 1. The van der Waals surface area contributed by atoms with Crippen molar-refractivity contribution in [2.75, 3.05) is 13.2 Å². The maximum Gasteiger partial charge on any atom is 0.276 e. The second-order valence-corrected chi connectivity index (χ2v) is 5.90. The smallest absolute Gasteiger partial charge is 0.276 e. The molecule has 0 atom stereocenters. The van der Waals surface area contributed by atoms with Crippen molar-refractivity contribution in [3.8, 4) is 0 Å². The minimum atomic E-state index is -0.488. The number of aliphatic hydroxyl groups excluding tert-OH is 1. The maximum atomic E-state index is 12.2. The molecule has 0 bridgehead atoms. The molecule has 1 heterocycles. The van der Waals surface area contributed by atoms with E-state index >= 15 is 0 Å². The molecule has 0 saturated carbocycles. The van der Waals surface area contributed by atoms with E-state index < -0.39 is 4.92 Å². The first-order valence-corrected chi connectivity index (χ1v) is 7.36. The molecule has 21 heavy (non-hydrogen) atoms. The number of aliphatic hydroxyl groups is 1. The number of carbonyl (C=O) groups is 1. The van der Waals surface area contributed by atoms with Crippen molar-refractivity contribution < 1.29 is 14.8 Å². The third-order valence-electron chi connectivity index (χ3n) is 2.83. The van der Waals surface area contributed by atoms with Gasteiger partial charge in [-0.1, -0.05) is 36.1 Å². The van der Waals surface area contributed by atoms with Crippen molar-refractivity contribution in [1.29, 1.82) is 0 Å². The zero-order valence-electron chi connectivity index (χ0n) is 10.9. The topological polar surface area (TPSA) is 83.7 Å². The van der Waals surface area contributed by atoms with Gasteiger partial charge in [0.2, 0.25) is 0 Å². The van der Waals surface area contributed by atoms with E-state index in [1.54, 1.807) is 18.2 Å². The molecule has 0 radical (unpaired) electrons. The first kappa shape index (κ1) is 15.6. The Morgan fingerprint density at radius 1 is 1.43 bits per heavy atom. The van der Waals surface area contributed by atoms with Crippen molar-refractivity contribution in [2.45, 2.75) is 6.42 Å². The van der Waals surface area contributed by atoms with Gasteiger partial charge in [0.1, 0.15) is 4.32 Å².